The van der Waals surface area contributed by atoms with E-state index in [-0.39, 0.29) is 24.4 Å². The zero-order valence-corrected chi connectivity index (χ0v) is 19.7. The van der Waals surface area contributed by atoms with Crippen molar-refractivity contribution < 1.29 is 4.79 Å². The van der Waals surface area contributed by atoms with Crippen LogP contribution in [0.5, 0.6) is 0 Å². The maximum absolute atomic E-state index is 13.2. The number of nitrogens with zero attached hydrogens (tertiary/aromatic N) is 4. The zero-order chi connectivity index (χ0) is 23.4. The average molecular weight is 444 g/mol. The molecule has 0 radical (unpaired) electrons. The van der Waals surface area contributed by atoms with Crippen LogP contribution < -0.4 is 5.32 Å². The van der Waals surface area contributed by atoms with Crippen LogP contribution in [0.15, 0.2) is 30.3 Å². The first-order valence-electron chi connectivity index (χ1n) is 12.1. The van der Waals surface area contributed by atoms with E-state index in [4.69, 9.17) is 0 Å². The lowest BCUT2D eigenvalue weighted by atomic mass is 9.91. The fourth-order valence-electron chi connectivity index (χ4n) is 5.71. The van der Waals surface area contributed by atoms with Gasteiger partial charge in [0.15, 0.2) is 0 Å². The Kier molecular flexibility index (Phi) is 7.16. The van der Waals surface area contributed by atoms with Gasteiger partial charge in [0.25, 0.3) is 0 Å². The van der Waals surface area contributed by atoms with Gasteiger partial charge in [-0.15, -0.1) is 0 Å². The van der Waals surface area contributed by atoms with Gasteiger partial charge in [-0.2, -0.15) is 10.5 Å². The van der Waals surface area contributed by atoms with Crippen LogP contribution >= 0.6 is 0 Å². The van der Waals surface area contributed by atoms with E-state index in [1.54, 1.807) is 0 Å². The summed E-state index contributed by atoms with van der Waals surface area (Å²) < 4.78 is 2.20. The minimum absolute atomic E-state index is 0.0205. The predicted molar refractivity (Wildman–Crippen MR) is 129 cm³/mol. The topological polar surface area (TPSA) is 84.8 Å². The van der Waals surface area contributed by atoms with Gasteiger partial charge in [0.2, 0.25) is 5.91 Å². The van der Waals surface area contributed by atoms with Crippen molar-refractivity contribution in [3.05, 3.63) is 52.7 Å². The minimum Gasteiger partial charge on any atom is -0.327 e. The highest BCUT2D eigenvalue weighted by Gasteiger charge is 2.34. The maximum atomic E-state index is 13.2. The molecule has 6 nitrogen and oxygen atoms in total. The van der Waals surface area contributed by atoms with E-state index in [9.17, 15) is 15.3 Å². The Morgan fingerprint density at radius 3 is 2.48 bits per heavy atom. The largest absolute Gasteiger partial charge is 0.327 e. The summed E-state index contributed by atoms with van der Waals surface area (Å²) >= 11 is 0. The molecule has 2 fully saturated rings. The minimum atomic E-state index is -0.258. The summed E-state index contributed by atoms with van der Waals surface area (Å²) in [6, 6.07) is 15.0. The number of amides is 1. The molecule has 0 unspecified atom stereocenters. The first-order chi connectivity index (χ1) is 16.0. The van der Waals surface area contributed by atoms with Gasteiger partial charge in [0.1, 0.15) is 11.9 Å². The lowest BCUT2D eigenvalue weighted by molar-refractivity contribution is -0.117. The normalized spacial score (nSPS) is 20.2. The van der Waals surface area contributed by atoms with Gasteiger partial charge in [-0.3, -0.25) is 9.69 Å². The van der Waals surface area contributed by atoms with E-state index < -0.39 is 0 Å². The summed E-state index contributed by atoms with van der Waals surface area (Å²) in [7, 11) is 0. The molecule has 2 heterocycles. The molecule has 172 valence electrons. The first-order valence-corrected chi connectivity index (χ1v) is 12.1. The van der Waals surface area contributed by atoms with Crippen molar-refractivity contribution in [3.8, 4) is 12.1 Å². The highest BCUT2D eigenvalue weighted by Crippen LogP contribution is 2.37. The third-order valence-corrected chi connectivity index (χ3v) is 7.51. The van der Waals surface area contributed by atoms with Gasteiger partial charge in [0.05, 0.1) is 24.1 Å². The summed E-state index contributed by atoms with van der Waals surface area (Å²) in [5.74, 6) is 0.282. The molecule has 1 aliphatic heterocycles. The first kappa shape index (κ1) is 23.1. The van der Waals surface area contributed by atoms with Crippen molar-refractivity contribution in [1.82, 2.24) is 9.47 Å². The van der Waals surface area contributed by atoms with Crippen molar-refractivity contribution in [2.75, 3.05) is 18.4 Å². The van der Waals surface area contributed by atoms with Crippen molar-refractivity contribution in [2.24, 2.45) is 0 Å². The molecule has 1 aromatic heterocycles. The van der Waals surface area contributed by atoms with Crippen molar-refractivity contribution in [1.29, 1.82) is 10.5 Å². The number of hydrogen-bond donors (Lipinski definition) is 1. The molecule has 1 saturated carbocycles. The third-order valence-electron chi connectivity index (χ3n) is 7.51. The second-order valence-corrected chi connectivity index (χ2v) is 9.45. The molecule has 6 heteroatoms. The van der Waals surface area contributed by atoms with E-state index in [2.05, 4.69) is 26.9 Å². The van der Waals surface area contributed by atoms with Crippen molar-refractivity contribution >= 4 is 11.7 Å². The highest BCUT2D eigenvalue weighted by atomic mass is 16.2. The fraction of sp³-hybridized carbons (Fsp3) is 0.519. The predicted octanol–water partition coefficient (Wildman–Crippen LogP) is 5.19. The molecule has 1 aliphatic carbocycles. The molecule has 1 amide bonds. The summed E-state index contributed by atoms with van der Waals surface area (Å²) in [5, 5.41) is 22.8. The molecule has 0 bridgehead atoms. The van der Waals surface area contributed by atoms with Gasteiger partial charge in [0, 0.05) is 17.8 Å². The van der Waals surface area contributed by atoms with Crippen LogP contribution in [0.3, 0.4) is 0 Å². The third kappa shape index (κ3) is 4.68. The Bertz CT molecular complexity index is 1070. The monoisotopic (exact) mass is 443 g/mol. The Balaban J connectivity index is 1.54. The average Bonchev–Trinajstić information content (AvgIpc) is 3.37. The van der Waals surface area contributed by atoms with Gasteiger partial charge < -0.3 is 9.88 Å². The Morgan fingerprint density at radius 2 is 1.82 bits per heavy atom. The molecular formula is C27H33N5O. The smallest absolute Gasteiger partial charge is 0.239 e. The number of anilines is 1. The van der Waals surface area contributed by atoms with Crippen molar-refractivity contribution in [3.63, 3.8) is 0 Å². The molecule has 1 saturated heterocycles. The summed E-state index contributed by atoms with van der Waals surface area (Å²) in [6.07, 6.45) is 7.65. The van der Waals surface area contributed by atoms with Crippen LogP contribution in [0, 0.1) is 36.5 Å². The number of aromatic nitrogens is 1. The van der Waals surface area contributed by atoms with Gasteiger partial charge in [-0.25, -0.2) is 0 Å². The lowest BCUT2D eigenvalue weighted by Gasteiger charge is -2.29. The molecule has 4 rings (SSSR count). The molecular weight excluding hydrogens is 410 g/mol. The Labute approximate surface area is 196 Å². The summed E-state index contributed by atoms with van der Waals surface area (Å²) in [5.41, 5.74) is 3.59. The van der Waals surface area contributed by atoms with E-state index in [1.165, 1.54) is 19.3 Å². The molecule has 2 aromatic rings. The van der Waals surface area contributed by atoms with Crippen LogP contribution in [0.1, 0.15) is 79.3 Å². The summed E-state index contributed by atoms with van der Waals surface area (Å²) in [6.45, 7) is 5.05. The van der Waals surface area contributed by atoms with Gasteiger partial charge in [-0.05, 0) is 57.2 Å². The summed E-state index contributed by atoms with van der Waals surface area (Å²) in [4.78, 5) is 15.4. The quantitative estimate of drug-likeness (QED) is 0.666. The number of benzene rings is 1. The van der Waals surface area contributed by atoms with E-state index in [0.29, 0.717) is 17.4 Å². The fourth-order valence-corrected chi connectivity index (χ4v) is 5.71. The molecule has 0 spiro atoms. The number of carbonyl (C=O) groups is 1. The SMILES string of the molecule is Cc1c(C#N)c(NC(=O)CN2CCC[C@@H]2[C@@H](C#N)c2ccccc2)n(C2CCCCC2)c1C. The molecule has 2 aliphatic rings. The Hall–Kier alpha value is -3.09. The second kappa shape index (κ2) is 10.2. The maximum Gasteiger partial charge on any atom is 0.239 e. The number of likely N-dealkylation sites (tertiary alicyclic amines) is 1. The van der Waals surface area contributed by atoms with Crippen molar-refractivity contribution in [2.45, 2.75) is 76.8 Å². The number of nitriles is 2. The number of carbonyl (C=O) groups excluding carboxylic acids is 1. The lowest BCUT2D eigenvalue weighted by Crippen LogP contribution is -2.40. The van der Waals surface area contributed by atoms with Gasteiger partial charge >= 0.3 is 0 Å². The van der Waals surface area contributed by atoms with E-state index in [1.807, 2.05) is 44.2 Å². The van der Waals surface area contributed by atoms with E-state index in [0.717, 1.165) is 49.0 Å². The standard InChI is InChI=1S/C27H33N5O/c1-19-20(2)32(22-12-7-4-8-13-22)27(23(19)16-28)30-26(33)18-31-15-9-14-25(31)24(17-29)21-10-5-3-6-11-21/h3,5-6,10-11,22,24-25H,4,7-9,12-15,18H2,1-2H3,(H,30,33)/t24-,25+/m0/s1. The molecule has 33 heavy (non-hydrogen) atoms. The number of rotatable bonds is 6. The molecule has 1 aromatic carbocycles. The Morgan fingerprint density at radius 1 is 1.09 bits per heavy atom. The highest BCUT2D eigenvalue weighted by molar-refractivity contribution is 5.93. The number of nitrogens with one attached hydrogen (secondary N) is 1. The van der Waals surface area contributed by atoms with Crippen LogP contribution in [-0.2, 0) is 4.79 Å². The molecule has 1 N–H and O–H groups in total. The van der Waals surface area contributed by atoms with Crippen LogP contribution in [-0.4, -0.2) is 34.5 Å². The van der Waals surface area contributed by atoms with Gasteiger partial charge in [-0.1, -0.05) is 49.6 Å². The number of hydrogen-bond acceptors (Lipinski definition) is 4. The van der Waals surface area contributed by atoms with Crippen LogP contribution in [0.2, 0.25) is 0 Å². The second-order valence-electron chi connectivity index (χ2n) is 9.45. The van der Waals surface area contributed by atoms with Crippen LogP contribution in [0.4, 0.5) is 5.82 Å². The van der Waals surface area contributed by atoms with Crippen LogP contribution in [0.25, 0.3) is 0 Å². The zero-order valence-electron chi connectivity index (χ0n) is 19.7. The molecule has 2 atom stereocenters. The van der Waals surface area contributed by atoms with E-state index >= 15 is 0 Å².